The van der Waals surface area contributed by atoms with E-state index in [4.69, 9.17) is 9.47 Å². The van der Waals surface area contributed by atoms with Crippen molar-refractivity contribution < 1.29 is 24.2 Å². The average Bonchev–Trinajstić information content (AvgIpc) is 3.13. The molecule has 4 saturated carbocycles. The van der Waals surface area contributed by atoms with E-state index in [1.807, 2.05) is 37.3 Å². The third kappa shape index (κ3) is 3.37. The Kier molecular flexibility index (Phi) is 5.78. The molecule has 1 aromatic rings. The number of hydrogen-bond donors (Lipinski definition) is 1. The van der Waals surface area contributed by atoms with Crippen molar-refractivity contribution in [1.29, 1.82) is 0 Å². The molecule has 0 amide bonds. The first-order valence-corrected chi connectivity index (χ1v) is 13.0. The van der Waals surface area contributed by atoms with Gasteiger partial charge in [-0.05, 0) is 81.8 Å². The maximum atomic E-state index is 13.4. The third-order valence-electron chi connectivity index (χ3n) is 10.6. The number of ether oxygens (including phenoxy) is 2. The number of carbonyl (C=O) groups excluding carboxylic acids is 2. The Labute approximate surface area is 208 Å². The zero-order valence-electron chi connectivity index (χ0n) is 21.2. The lowest BCUT2D eigenvalue weighted by molar-refractivity contribution is -0.276. The van der Waals surface area contributed by atoms with Crippen molar-refractivity contribution in [2.45, 2.75) is 76.9 Å². The van der Waals surface area contributed by atoms with Crippen LogP contribution in [0.2, 0.25) is 0 Å². The van der Waals surface area contributed by atoms with Crippen molar-refractivity contribution in [3.63, 3.8) is 0 Å². The molecule has 0 aromatic heterocycles. The van der Waals surface area contributed by atoms with Crippen molar-refractivity contribution in [2.75, 3.05) is 7.11 Å². The molecule has 4 aliphatic carbocycles. The molecule has 0 saturated heterocycles. The van der Waals surface area contributed by atoms with E-state index in [1.165, 1.54) is 18.8 Å². The summed E-state index contributed by atoms with van der Waals surface area (Å²) in [6.07, 6.45) is 9.02. The summed E-state index contributed by atoms with van der Waals surface area (Å²) in [5, 5.41) is 12.5. The van der Waals surface area contributed by atoms with Gasteiger partial charge in [-0.15, -0.1) is 0 Å². The standard InChI is InChI=1S/C30H38O5/c1-20-18-29-16-13-23-27(2,30(29,33)17-12-22(20)19-29)15-14-24(28(23,3)26(32)34-4)35-25(31)11-10-21-8-6-5-7-9-21/h5-11,22-24,33H,1,12-19H2,2-4H3/t22-,23+,24-,27-,28+,29-,30-/m1/s1. The van der Waals surface area contributed by atoms with Gasteiger partial charge in [0.15, 0.2) is 0 Å². The quantitative estimate of drug-likeness (QED) is 0.353. The minimum atomic E-state index is -1.03. The summed E-state index contributed by atoms with van der Waals surface area (Å²) in [6, 6.07) is 9.58. The van der Waals surface area contributed by atoms with Gasteiger partial charge in [-0.25, -0.2) is 4.79 Å². The van der Waals surface area contributed by atoms with Crippen LogP contribution in [0.25, 0.3) is 6.08 Å². The fourth-order valence-electron chi connectivity index (χ4n) is 8.73. The lowest BCUT2D eigenvalue weighted by atomic mass is 9.38. The van der Waals surface area contributed by atoms with E-state index in [2.05, 4.69) is 13.5 Å². The van der Waals surface area contributed by atoms with Crippen LogP contribution >= 0.6 is 0 Å². The van der Waals surface area contributed by atoms with Gasteiger partial charge in [0, 0.05) is 16.9 Å². The van der Waals surface area contributed by atoms with Crippen LogP contribution in [0, 0.1) is 28.1 Å². The van der Waals surface area contributed by atoms with Crippen molar-refractivity contribution in [3.05, 3.63) is 54.1 Å². The average molecular weight is 479 g/mol. The summed E-state index contributed by atoms with van der Waals surface area (Å²) >= 11 is 0. The summed E-state index contributed by atoms with van der Waals surface area (Å²) in [4.78, 5) is 26.2. The largest absolute Gasteiger partial charge is 0.468 e. The molecule has 4 fully saturated rings. The molecule has 0 unspecified atom stereocenters. The molecule has 1 aromatic carbocycles. The summed E-state index contributed by atoms with van der Waals surface area (Å²) in [7, 11) is 1.40. The van der Waals surface area contributed by atoms with E-state index >= 15 is 0 Å². The predicted octanol–water partition coefficient (Wildman–Crippen LogP) is 5.48. The highest BCUT2D eigenvalue weighted by atomic mass is 16.6. The van der Waals surface area contributed by atoms with Gasteiger partial charge in [0.05, 0.1) is 12.7 Å². The lowest BCUT2D eigenvalue weighted by Gasteiger charge is -2.68. The summed E-state index contributed by atoms with van der Waals surface area (Å²) in [5.41, 5.74) is -0.321. The minimum absolute atomic E-state index is 0.145. The number of rotatable bonds is 4. The van der Waals surface area contributed by atoms with Gasteiger partial charge >= 0.3 is 11.9 Å². The van der Waals surface area contributed by atoms with Crippen LogP contribution in [0.3, 0.4) is 0 Å². The second-order valence-electron chi connectivity index (χ2n) is 11.9. The maximum Gasteiger partial charge on any atom is 0.331 e. The molecule has 1 spiro atoms. The Morgan fingerprint density at radius 1 is 1.09 bits per heavy atom. The molecular formula is C30H38O5. The molecular weight excluding hydrogens is 440 g/mol. The Balaban J connectivity index is 1.45. The highest BCUT2D eigenvalue weighted by molar-refractivity contribution is 5.88. The molecule has 0 heterocycles. The molecule has 35 heavy (non-hydrogen) atoms. The smallest absolute Gasteiger partial charge is 0.331 e. The van der Waals surface area contributed by atoms with E-state index in [0.717, 1.165) is 44.1 Å². The Morgan fingerprint density at radius 2 is 1.83 bits per heavy atom. The minimum Gasteiger partial charge on any atom is -0.468 e. The SMILES string of the molecule is C=C1C[C@@]23CC[C@@H]4[C@](C)(C(=O)OC)[C@H](OC(=O)C=Cc5ccccc5)CC[C@@]4(C)[C@]2(O)CC[C@@H]1C3. The maximum absolute atomic E-state index is 13.4. The Bertz CT molecular complexity index is 1060. The normalized spacial score (nSPS) is 42.3. The van der Waals surface area contributed by atoms with Gasteiger partial charge < -0.3 is 14.6 Å². The second kappa shape index (κ2) is 8.33. The van der Waals surface area contributed by atoms with Gasteiger partial charge in [-0.3, -0.25) is 4.79 Å². The highest BCUT2D eigenvalue weighted by Gasteiger charge is 2.74. The van der Waals surface area contributed by atoms with Crippen LogP contribution in [0.1, 0.15) is 70.8 Å². The molecule has 188 valence electrons. The molecule has 0 radical (unpaired) electrons. The van der Waals surface area contributed by atoms with Crippen molar-refractivity contribution >= 4 is 18.0 Å². The van der Waals surface area contributed by atoms with Gasteiger partial charge in [0.1, 0.15) is 11.5 Å². The fraction of sp³-hybridized carbons (Fsp3) is 0.600. The Morgan fingerprint density at radius 3 is 2.54 bits per heavy atom. The number of carbonyl (C=O) groups is 2. The van der Waals surface area contributed by atoms with Gasteiger partial charge in [0.25, 0.3) is 0 Å². The van der Waals surface area contributed by atoms with Crippen LogP contribution < -0.4 is 0 Å². The predicted molar refractivity (Wildman–Crippen MR) is 134 cm³/mol. The van der Waals surface area contributed by atoms with Gasteiger partial charge in [0.2, 0.25) is 0 Å². The molecule has 5 rings (SSSR count). The summed E-state index contributed by atoms with van der Waals surface area (Å²) in [6.45, 7) is 8.41. The fourth-order valence-corrected chi connectivity index (χ4v) is 8.73. The van der Waals surface area contributed by atoms with E-state index in [-0.39, 0.29) is 17.3 Å². The van der Waals surface area contributed by atoms with Gasteiger partial charge in [-0.1, -0.05) is 49.4 Å². The molecule has 2 bridgehead atoms. The molecule has 1 N–H and O–H groups in total. The van der Waals surface area contributed by atoms with Crippen LogP contribution in [0.15, 0.2) is 48.6 Å². The molecule has 5 nitrogen and oxygen atoms in total. The van der Waals surface area contributed by atoms with Crippen molar-refractivity contribution in [2.24, 2.45) is 28.1 Å². The number of hydrogen-bond acceptors (Lipinski definition) is 5. The zero-order chi connectivity index (χ0) is 25.1. The number of allylic oxidation sites excluding steroid dienone is 1. The van der Waals surface area contributed by atoms with Crippen molar-refractivity contribution in [3.8, 4) is 0 Å². The second-order valence-corrected chi connectivity index (χ2v) is 11.9. The van der Waals surface area contributed by atoms with Crippen LogP contribution in [-0.2, 0) is 19.1 Å². The third-order valence-corrected chi connectivity index (χ3v) is 10.6. The van der Waals surface area contributed by atoms with E-state index in [9.17, 15) is 14.7 Å². The van der Waals surface area contributed by atoms with E-state index in [1.54, 1.807) is 6.08 Å². The molecule has 4 aliphatic rings. The first kappa shape index (κ1) is 24.3. The monoisotopic (exact) mass is 478 g/mol. The summed E-state index contributed by atoms with van der Waals surface area (Å²) < 4.78 is 11.3. The topological polar surface area (TPSA) is 72.8 Å². The first-order chi connectivity index (χ1) is 16.6. The molecule has 7 atom stereocenters. The molecule has 5 heteroatoms. The number of esters is 2. The number of methoxy groups -OCH3 is 1. The number of fused-ring (bicyclic) bond motifs is 3. The molecule has 0 aliphatic heterocycles. The van der Waals surface area contributed by atoms with E-state index in [0.29, 0.717) is 18.8 Å². The zero-order valence-corrected chi connectivity index (χ0v) is 21.2. The van der Waals surface area contributed by atoms with E-state index < -0.39 is 28.5 Å². The van der Waals surface area contributed by atoms with Crippen LogP contribution in [-0.4, -0.2) is 35.9 Å². The van der Waals surface area contributed by atoms with Crippen LogP contribution in [0.4, 0.5) is 0 Å². The summed E-state index contributed by atoms with van der Waals surface area (Å²) in [5.74, 6) is -0.456. The number of aliphatic hydroxyl groups is 1. The van der Waals surface area contributed by atoms with Crippen molar-refractivity contribution in [1.82, 2.24) is 0 Å². The lowest BCUT2D eigenvalue weighted by Crippen LogP contribution is -2.71. The first-order valence-electron chi connectivity index (χ1n) is 13.0. The Hall–Kier alpha value is -2.40. The number of benzene rings is 1. The van der Waals surface area contributed by atoms with Gasteiger partial charge in [-0.2, -0.15) is 0 Å². The van der Waals surface area contributed by atoms with Crippen LogP contribution in [0.5, 0.6) is 0 Å². The highest BCUT2D eigenvalue weighted by Crippen LogP contribution is 2.74.